The summed E-state index contributed by atoms with van der Waals surface area (Å²) in [7, 11) is 0. The molecule has 2 aromatic heterocycles. The van der Waals surface area contributed by atoms with E-state index in [1.165, 1.54) is 11.8 Å². The summed E-state index contributed by atoms with van der Waals surface area (Å²) in [6.07, 6.45) is 2.44. The van der Waals surface area contributed by atoms with E-state index in [4.69, 9.17) is 4.42 Å². The van der Waals surface area contributed by atoms with E-state index >= 15 is 0 Å². The molecular formula is C22H28N6O2. The fraction of sp³-hybridized carbons (Fsp3) is 0.455. The number of carbonyl (C=O) groups is 1. The van der Waals surface area contributed by atoms with Crippen LogP contribution in [0.3, 0.4) is 0 Å². The van der Waals surface area contributed by atoms with Crippen LogP contribution in [-0.2, 0) is 12.0 Å². The molecule has 8 nitrogen and oxygen atoms in total. The van der Waals surface area contributed by atoms with E-state index < -0.39 is 5.54 Å². The zero-order valence-electron chi connectivity index (χ0n) is 18.0. The van der Waals surface area contributed by atoms with E-state index in [0.29, 0.717) is 18.8 Å². The first-order chi connectivity index (χ1) is 14.4. The average molecular weight is 409 g/mol. The molecule has 1 aromatic carbocycles. The first-order valence-electron chi connectivity index (χ1n) is 10.4. The molecule has 0 bridgehead atoms. The van der Waals surface area contributed by atoms with Gasteiger partial charge in [0.05, 0.1) is 17.5 Å². The summed E-state index contributed by atoms with van der Waals surface area (Å²) >= 11 is 0. The number of carbonyl (C=O) groups excluding carboxylic acids is 1. The molecule has 8 heteroatoms. The lowest BCUT2D eigenvalue weighted by atomic mass is 9.99. The molecule has 1 aliphatic heterocycles. The number of aryl methyl sites for hydroxylation is 2. The van der Waals surface area contributed by atoms with Crippen molar-refractivity contribution in [3.63, 3.8) is 0 Å². The SMILES string of the molecule is CCc1cccc(C)c1-n1nnnc1C(C)(C)N1CCN(C(=O)c2ccco2)CC1. The van der Waals surface area contributed by atoms with Gasteiger partial charge in [-0.3, -0.25) is 9.69 Å². The van der Waals surface area contributed by atoms with Crippen LogP contribution in [0.25, 0.3) is 5.69 Å². The van der Waals surface area contributed by atoms with Crippen molar-refractivity contribution in [1.82, 2.24) is 30.0 Å². The first kappa shape index (κ1) is 20.3. The van der Waals surface area contributed by atoms with Crippen LogP contribution >= 0.6 is 0 Å². The Balaban J connectivity index is 1.56. The van der Waals surface area contributed by atoms with Crippen molar-refractivity contribution in [2.45, 2.75) is 39.7 Å². The number of hydrogen-bond donors (Lipinski definition) is 0. The van der Waals surface area contributed by atoms with Crippen molar-refractivity contribution in [1.29, 1.82) is 0 Å². The van der Waals surface area contributed by atoms with E-state index in [0.717, 1.165) is 36.6 Å². The average Bonchev–Trinajstić information content (AvgIpc) is 3.45. The van der Waals surface area contributed by atoms with Gasteiger partial charge in [-0.1, -0.05) is 25.1 Å². The fourth-order valence-electron chi connectivity index (χ4n) is 4.19. The maximum absolute atomic E-state index is 12.6. The summed E-state index contributed by atoms with van der Waals surface area (Å²) < 4.78 is 7.15. The highest BCUT2D eigenvalue weighted by atomic mass is 16.3. The van der Waals surface area contributed by atoms with Crippen molar-refractivity contribution in [3.05, 3.63) is 59.3 Å². The summed E-state index contributed by atoms with van der Waals surface area (Å²) in [5, 5.41) is 12.8. The van der Waals surface area contributed by atoms with Crippen LogP contribution in [0, 0.1) is 6.92 Å². The number of hydrogen-bond acceptors (Lipinski definition) is 6. The summed E-state index contributed by atoms with van der Waals surface area (Å²) in [6.45, 7) is 11.3. The third kappa shape index (κ3) is 3.52. The maximum Gasteiger partial charge on any atom is 0.289 e. The van der Waals surface area contributed by atoms with Crippen LogP contribution in [-0.4, -0.2) is 62.1 Å². The lowest BCUT2D eigenvalue weighted by molar-refractivity contribution is 0.0337. The van der Waals surface area contributed by atoms with Crippen LogP contribution < -0.4 is 0 Å². The topological polar surface area (TPSA) is 80.3 Å². The Kier molecular flexibility index (Phi) is 5.42. The molecule has 0 atom stereocenters. The van der Waals surface area contributed by atoms with Crippen LogP contribution in [0.2, 0.25) is 0 Å². The smallest absolute Gasteiger partial charge is 0.289 e. The normalized spacial score (nSPS) is 15.5. The van der Waals surface area contributed by atoms with E-state index in [9.17, 15) is 4.79 Å². The largest absolute Gasteiger partial charge is 0.459 e. The lowest BCUT2D eigenvalue weighted by Crippen LogP contribution is -2.55. The van der Waals surface area contributed by atoms with Gasteiger partial charge in [-0.2, -0.15) is 4.68 Å². The van der Waals surface area contributed by atoms with Gasteiger partial charge in [-0.15, -0.1) is 5.10 Å². The third-order valence-corrected chi connectivity index (χ3v) is 6.02. The second-order valence-electron chi connectivity index (χ2n) is 8.17. The highest BCUT2D eigenvalue weighted by molar-refractivity contribution is 5.91. The molecule has 158 valence electrons. The second-order valence-corrected chi connectivity index (χ2v) is 8.17. The Labute approximate surface area is 176 Å². The highest BCUT2D eigenvalue weighted by Gasteiger charge is 2.37. The number of nitrogens with zero attached hydrogens (tertiary/aromatic N) is 6. The van der Waals surface area contributed by atoms with Crippen molar-refractivity contribution >= 4 is 5.91 Å². The highest BCUT2D eigenvalue weighted by Crippen LogP contribution is 2.30. The molecular weight excluding hydrogens is 380 g/mol. The van der Waals surface area contributed by atoms with Gasteiger partial charge in [0.25, 0.3) is 5.91 Å². The van der Waals surface area contributed by atoms with Crippen LogP contribution in [0.1, 0.15) is 48.3 Å². The lowest BCUT2D eigenvalue weighted by Gasteiger charge is -2.43. The monoisotopic (exact) mass is 408 g/mol. The zero-order chi connectivity index (χ0) is 21.3. The van der Waals surface area contributed by atoms with Gasteiger partial charge in [-0.05, 0) is 60.9 Å². The Morgan fingerprint density at radius 3 is 2.57 bits per heavy atom. The molecule has 0 aliphatic carbocycles. The molecule has 0 saturated carbocycles. The van der Waals surface area contributed by atoms with Crippen molar-refractivity contribution in [2.75, 3.05) is 26.2 Å². The molecule has 1 fully saturated rings. The molecule has 0 N–H and O–H groups in total. The zero-order valence-corrected chi connectivity index (χ0v) is 18.0. The van der Waals surface area contributed by atoms with Crippen molar-refractivity contribution in [3.8, 4) is 5.69 Å². The summed E-state index contributed by atoms with van der Waals surface area (Å²) in [5.74, 6) is 1.13. The van der Waals surface area contributed by atoms with Crippen molar-refractivity contribution in [2.24, 2.45) is 0 Å². The van der Waals surface area contributed by atoms with Gasteiger partial charge in [0.15, 0.2) is 11.6 Å². The Morgan fingerprint density at radius 2 is 1.90 bits per heavy atom. The molecule has 1 aliphatic rings. The standard InChI is InChI=1S/C22H28N6O2/c1-5-17-9-6-8-16(2)19(17)28-21(23-24-25-28)22(3,4)27-13-11-26(12-14-27)20(29)18-10-7-15-30-18/h6-10,15H,5,11-14H2,1-4H3. The fourth-order valence-corrected chi connectivity index (χ4v) is 4.19. The summed E-state index contributed by atoms with van der Waals surface area (Å²) in [6, 6.07) is 9.73. The minimum atomic E-state index is -0.392. The number of aromatic nitrogens is 4. The molecule has 0 spiro atoms. The Hall–Kier alpha value is -3.00. The number of rotatable bonds is 5. The molecule has 1 saturated heterocycles. The minimum absolute atomic E-state index is 0.0604. The van der Waals surface area contributed by atoms with Gasteiger partial charge < -0.3 is 9.32 Å². The van der Waals surface area contributed by atoms with Gasteiger partial charge in [0.1, 0.15) is 0 Å². The molecule has 30 heavy (non-hydrogen) atoms. The maximum atomic E-state index is 12.6. The van der Waals surface area contributed by atoms with E-state index in [1.807, 2.05) is 9.58 Å². The minimum Gasteiger partial charge on any atom is -0.459 e. The molecule has 3 aromatic rings. The summed E-state index contributed by atoms with van der Waals surface area (Å²) in [4.78, 5) is 16.7. The number of tetrazole rings is 1. The van der Waals surface area contributed by atoms with E-state index in [-0.39, 0.29) is 5.91 Å². The van der Waals surface area contributed by atoms with Crippen LogP contribution in [0.4, 0.5) is 0 Å². The number of piperazine rings is 1. The molecule has 3 heterocycles. The molecule has 1 amide bonds. The van der Waals surface area contributed by atoms with Crippen molar-refractivity contribution < 1.29 is 9.21 Å². The molecule has 4 rings (SSSR count). The van der Waals surface area contributed by atoms with Gasteiger partial charge in [0.2, 0.25) is 0 Å². The van der Waals surface area contributed by atoms with Crippen LogP contribution in [0.5, 0.6) is 0 Å². The first-order valence-corrected chi connectivity index (χ1v) is 10.4. The van der Waals surface area contributed by atoms with E-state index in [2.05, 4.69) is 66.3 Å². The van der Waals surface area contributed by atoms with Gasteiger partial charge in [-0.25, -0.2) is 0 Å². The molecule has 0 unspecified atom stereocenters. The Morgan fingerprint density at radius 1 is 1.13 bits per heavy atom. The van der Waals surface area contributed by atoms with E-state index in [1.54, 1.807) is 12.1 Å². The quantitative estimate of drug-likeness (QED) is 0.646. The van der Waals surface area contributed by atoms with Gasteiger partial charge >= 0.3 is 0 Å². The third-order valence-electron chi connectivity index (χ3n) is 6.02. The van der Waals surface area contributed by atoms with Gasteiger partial charge in [0, 0.05) is 26.2 Å². The predicted octanol–water partition coefficient (Wildman–Crippen LogP) is 2.82. The second kappa shape index (κ2) is 8.02. The number of amides is 1. The predicted molar refractivity (Wildman–Crippen MR) is 112 cm³/mol. The molecule has 0 radical (unpaired) electrons. The summed E-state index contributed by atoms with van der Waals surface area (Å²) in [5.41, 5.74) is 3.02. The number of para-hydroxylation sites is 1. The number of benzene rings is 1. The Bertz CT molecular complexity index is 1020. The van der Waals surface area contributed by atoms with Crippen LogP contribution in [0.15, 0.2) is 41.0 Å². The number of furan rings is 1.